The van der Waals surface area contributed by atoms with Crippen molar-refractivity contribution in [3.8, 4) is 5.75 Å². The quantitative estimate of drug-likeness (QED) is 0.465. The van der Waals surface area contributed by atoms with Crippen LogP contribution in [0.4, 0.5) is 0 Å². The summed E-state index contributed by atoms with van der Waals surface area (Å²) in [6.45, 7) is 3.68. The van der Waals surface area contributed by atoms with Crippen molar-refractivity contribution in [1.82, 2.24) is 5.32 Å². The summed E-state index contributed by atoms with van der Waals surface area (Å²) in [5.74, 6) is -1.76. The van der Waals surface area contributed by atoms with Gasteiger partial charge in [0.2, 0.25) is 0 Å². The van der Waals surface area contributed by atoms with Gasteiger partial charge in [0.15, 0.2) is 0 Å². The number of rotatable bonds is 8. The highest BCUT2D eigenvalue weighted by Crippen LogP contribution is 2.12. The number of phenols is 1. The number of nitrogens with one attached hydrogen (secondary N) is 1. The Balaban J connectivity index is 2.63. The molecule has 1 amide bonds. The number of carboxylic acids is 1. The Morgan fingerprint density at radius 1 is 1.22 bits per heavy atom. The Hall–Kier alpha value is -2.12. The number of hydrogen-bond acceptors (Lipinski definition) is 5. The largest absolute Gasteiger partial charge is 0.508 e. The molecule has 0 saturated heterocycles. The van der Waals surface area contributed by atoms with E-state index in [1.165, 1.54) is 12.1 Å². The zero-order valence-corrected chi connectivity index (χ0v) is 13.3. The number of phenolic OH excluding ortho intramolecular Hbond substituents is 1. The fourth-order valence-electron chi connectivity index (χ4n) is 2.16. The van der Waals surface area contributed by atoms with E-state index in [0.717, 1.165) is 5.56 Å². The molecule has 0 saturated carbocycles. The van der Waals surface area contributed by atoms with Gasteiger partial charge in [-0.25, -0.2) is 4.79 Å². The van der Waals surface area contributed by atoms with Crippen LogP contribution in [0.3, 0.4) is 0 Å². The molecule has 1 rings (SSSR count). The maximum atomic E-state index is 12.0. The van der Waals surface area contributed by atoms with Gasteiger partial charge < -0.3 is 26.4 Å². The third-order valence-corrected chi connectivity index (χ3v) is 3.40. The molecule has 0 aliphatic heterocycles. The van der Waals surface area contributed by atoms with Crippen molar-refractivity contribution in [3.05, 3.63) is 29.8 Å². The van der Waals surface area contributed by atoms with Crippen molar-refractivity contribution in [1.29, 1.82) is 0 Å². The number of aliphatic hydroxyl groups is 1. The Kier molecular flexibility index (Phi) is 6.99. The Morgan fingerprint density at radius 2 is 1.78 bits per heavy atom. The van der Waals surface area contributed by atoms with Gasteiger partial charge in [0.25, 0.3) is 5.91 Å². The summed E-state index contributed by atoms with van der Waals surface area (Å²) in [7, 11) is 0. The molecule has 0 aliphatic carbocycles. The van der Waals surface area contributed by atoms with Crippen LogP contribution < -0.4 is 11.1 Å². The molecular formula is C16H24N2O5. The van der Waals surface area contributed by atoms with Gasteiger partial charge in [0, 0.05) is 6.04 Å². The second-order valence-electron chi connectivity index (χ2n) is 6.01. The average molecular weight is 324 g/mol. The standard InChI is InChI=1S/C16H24N2O5/c1-9(2)7-13(16(22)23)18-15(21)14(20)12(17)8-10-3-5-11(19)6-4-10/h3-6,9,12-14,19-20H,7-8,17H2,1-2H3,(H,18,21)(H,22,23)/t12?,13-,14?/m0/s1. The van der Waals surface area contributed by atoms with Gasteiger partial charge in [-0.15, -0.1) is 0 Å². The molecule has 0 spiro atoms. The van der Waals surface area contributed by atoms with Gasteiger partial charge in [-0.2, -0.15) is 0 Å². The second kappa shape index (κ2) is 8.50. The fourth-order valence-corrected chi connectivity index (χ4v) is 2.16. The van der Waals surface area contributed by atoms with Crippen LogP contribution in [0.1, 0.15) is 25.8 Å². The molecule has 0 bridgehead atoms. The van der Waals surface area contributed by atoms with E-state index in [2.05, 4.69) is 5.32 Å². The van der Waals surface area contributed by atoms with Crippen LogP contribution >= 0.6 is 0 Å². The molecule has 0 aliphatic rings. The van der Waals surface area contributed by atoms with E-state index >= 15 is 0 Å². The van der Waals surface area contributed by atoms with Crippen molar-refractivity contribution in [2.24, 2.45) is 11.7 Å². The topological polar surface area (TPSA) is 133 Å². The first-order chi connectivity index (χ1) is 10.7. The van der Waals surface area contributed by atoms with Crippen molar-refractivity contribution in [2.75, 3.05) is 0 Å². The molecule has 23 heavy (non-hydrogen) atoms. The summed E-state index contributed by atoms with van der Waals surface area (Å²) in [4.78, 5) is 23.1. The third kappa shape index (κ3) is 6.25. The predicted octanol–water partition coefficient (Wildman–Crippen LogP) is 0.238. The van der Waals surface area contributed by atoms with Gasteiger partial charge >= 0.3 is 5.97 Å². The molecule has 3 atom stereocenters. The van der Waals surface area contributed by atoms with E-state index in [0.29, 0.717) is 0 Å². The molecule has 128 valence electrons. The molecular weight excluding hydrogens is 300 g/mol. The number of carbonyl (C=O) groups is 2. The zero-order chi connectivity index (χ0) is 17.6. The third-order valence-electron chi connectivity index (χ3n) is 3.40. The highest BCUT2D eigenvalue weighted by atomic mass is 16.4. The van der Waals surface area contributed by atoms with Crippen LogP contribution in [0.25, 0.3) is 0 Å². The molecule has 0 heterocycles. The maximum Gasteiger partial charge on any atom is 0.326 e. The molecule has 6 N–H and O–H groups in total. The number of amides is 1. The van der Waals surface area contributed by atoms with Crippen LogP contribution in [0.2, 0.25) is 0 Å². The van der Waals surface area contributed by atoms with Crippen molar-refractivity contribution in [3.63, 3.8) is 0 Å². The number of aliphatic hydroxyl groups excluding tert-OH is 1. The number of hydrogen-bond donors (Lipinski definition) is 5. The van der Waals surface area contributed by atoms with Crippen molar-refractivity contribution in [2.45, 2.75) is 44.9 Å². The Morgan fingerprint density at radius 3 is 2.26 bits per heavy atom. The molecule has 0 aromatic heterocycles. The smallest absolute Gasteiger partial charge is 0.326 e. The van der Waals surface area contributed by atoms with E-state index in [4.69, 9.17) is 10.8 Å². The molecule has 1 aromatic rings. The predicted molar refractivity (Wildman–Crippen MR) is 84.8 cm³/mol. The first kappa shape index (κ1) is 18.9. The maximum absolute atomic E-state index is 12.0. The first-order valence-electron chi connectivity index (χ1n) is 7.45. The summed E-state index contributed by atoms with van der Waals surface area (Å²) in [6.07, 6.45) is -1.03. The summed E-state index contributed by atoms with van der Waals surface area (Å²) >= 11 is 0. The molecule has 0 radical (unpaired) electrons. The van der Waals surface area contributed by atoms with Crippen molar-refractivity contribution < 1.29 is 24.9 Å². The average Bonchev–Trinajstić information content (AvgIpc) is 2.47. The lowest BCUT2D eigenvalue weighted by atomic mass is 10.00. The van der Waals surface area contributed by atoms with Crippen LogP contribution in [0, 0.1) is 5.92 Å². The van der Waals surface area contributed by atoms with E-state index in [9.17, 15) is 19.8 Å². The number of carboxylic acid groups (broad SMARTS) is 1. The van der Waals surface area contributed by atoms with E-state index < -0.39 is 30.1 Å². The number of carbonyl (C=O) groups excluding carboxylic acids is 1. The van der Waals surface area contributed by atoms with E-state index in [1.54, 1.807) is 12.1 Å². The first-order valence-corrected chi connectivity index (χ1v) is 7.45. The van der Waals surface area contributed by atoms with E-state index in [1.807, 2.05) is 13.8 Å². The normalized spacial score (nSPS) is 15.0. The SMILES string of the molecule is CC(C)C[C@H](NC(=O)C(O)C(N)Cc1ccc(O)cc1)C(=O)O. The zero-order valence-electron chi connectivity index (χ0n) is 13.3. The van der Waals surface area contributed by atoms with Gasteiger partial charge in [-0.05, 0) is 36.5 Å². The van der Waals surface area contributed by atoms with Crippen LogP contribution in [-0.2, 0) is 16.0 Å². The van der Waals surface area contributed by atoms with Gasteiger partial charge in [-0.1, -0.05) is 26.0 Å². The highest BCUT2D eigenvalue weighted by molar-refractivity contribution is 5.86. The Labute approximate surface area is 135 Å². The second-order valence-corrected chi connectivity index (χ2v) is 6.01. The lowest BCUT2D eigenvalue weighted by molar-refractivity contribution is -0.144. The molecule has 7 heteroatoms. The molecule has 7 nitrogen and oxygen atoms in total. The monoisotopic (exact) mass is 324 g/mol. The minimum atomic E-state index is -1.52. The van der Waals surface area contributed by atoms with Gasteiger partial charge in [0.1, 0.15) is 17.9 Å². The summed E-state index contributed by atoms with van der Waals surface area (Å²) in [5, 5.41) is 30.6. The minimum Gasteiger partial charge on any atom is -0.508 e. The number of aliphatic carboxylic acids is 1. The number of benzene rings is 1. The fraction of sp³-hybridized carbons (Fsp3) is 0.500. The molecule has 1 aromatic carbocycles. The number of nitrogens with two attached hydrogens (primary N) is 1. The lowest BCUT2D eigenvalue weighted by Gasteiger charge is -2.22. The molecule has 0 fully saturated rings. The minimum absolute atomic E-state index is 0.0826. The highest BCUT2D eigenvalue weighted by Gasteiger charge is 2.28. The van der Waals surface area contributed by atoms with Crippen LogP contribution in [0.15, 0.2) is 24.3 Å². The Bertz CT molecular complexity index is 530. The number of aromatic hydroxyl groups is 1. The van der Waals surface area contributed by atoms with Crippen molar-refractivity contribution >= 4 is 11.9 Å². The summed E-state index contributed by atoms with van der Waals surface area (Å²) in [5.41, 5.74) is 6.57. The molecule has 2 unspecified atom stereocenters. The van der Waals surface area contributed by atoms with Crippen LogP contribution in [-0.4, -0.2) is 45.4 Å². The van der Waals surface area contributed by atoms with Gasteiger partial charge in [0.05, 0.1) is 0 Å². The van der Waals surface area contributed by atoms with Gasteiger partial charge in [-0.3, -0.25) is 4.79 Å². The van der Waals surface area contributed by atoms with Crippen LogP contribution in [0.5, 0.6) is 5.75 Å². The van der Waals surface area contributed by atoms with E-state index in [-0.39, 0.29) is 24.5 Å². The summed E-state index contributed by atoms with van der Waals surface area (Å²) in [6, 6.07) is 4.30. The lowest BCUT2D eigenvalue weighted by Crippen LogP contribution is -2.52. The summed E-state index contributed by atoms with van der Waals surface area (Å²) < 4.78 is 0.